The van der Waals surface area contributed by atoms with Crippen LogP contribution in [0.3, 0.4) is 0 Å². The third-order valence-corrected chi connectivity index (χ3v) is 1.68. The zero-order chi connectivity index (χ0) is 10.6. The molecule has 2 unspecified atom stereocenters. The second-order valence-corrected chi connectivity index (χ2v) is 3.42. The van der Waals surface area contributed by atoms with Gasteiger partial charge in [-0.1, -0.05) is 13.8 Å². The summed E-state index contributed by atoms with van der Waals surface area (Å²) in [6.07, 6.45) is 0. The van der Waals surface area contributed by atoms with Crippen molar-refractivity contribution in [3.63, 3.8) is 0 Å². The molecule has 0 aromatic carbocycles. The average molecular weight is 224 g/mol. The Labute approximate surface area is 90.0 Å². The predicted molar refractivity (Wildman–Crippen MR) is 56.9 cm³/mol. The van der Waals surface area contributed by atoms with Gasteiger partial charge in [0, 0.05) is 0 Å². The van der Waals surface area contributed by atoms with Gasteiger partial charge in [0.05, 0.1) is 6.04 Å². The molecule has 0 radical (unpaired) electrons. The van der Waals surface area contributed by atoms with E-state index in [1.54, 1.807) is 20.8 Å². The summed E-state index contributed by atoms with van der Waals surface area (Å²) >= 11 is 0. The summed E-state index contributed by atoms with van der Waals surface area (Å²) in [5.41, 5.74) is 10.4. The molecule has 0 heterocycles. The van der Waals surface area contributed by atoms with Crippen molar-refractivity contribution in [3.05, 3.63) is 0 Å². The summed E-state index contributed by atoms with van der Waals surface area (Å²) < 4.78 is 0. The summed E-state index contributed by atoms with van der Waals surface area (Å²) in [5, 5.41) is 2.48. The van der Waals surface area contributed by atoms with Gasteiger partial charge in [0.25, 0.3) is 0 Å². The number of nitrogens with one attached hydrogen (secondary N) is 1. The molecule has 6 heteroatoms. The Morgan fingerprint density at radius 3 is 1.86 bits per heavy atom. The van der Waals surface area contributed by atoms with Crippen molar-refractivity contribution in [2.45, 2.75) is 32.9 Å². The number of nitrogens with two attached hydrogens (primary N) is 2. The van der Waals surface area contributed by atoms with Gasteiger partial charge >= 0.3 is 0 Å². The highest BCUT2D eigenvalue weighted by Crippen LogP contribution is 2.00. The van der Waals surface area contributed by atoms with Crippen LogP contribution >= 0.6 is 12.4 Å². The van der Waals surface area contributed by atoms with E-state index in [-0.39, 0.29) is 24.2 Å². The lowest BCUT2D eigenvalue weighted by Gasteiger charge is -2.19. The number of hydrogen-bond donors (Lipinski definition) is 3. The van der Waals surface area contributed by atoms with E-state index in [1.165, 1.54) is 0 Å². The lowest BCUT2D eigenvalue weighted by atomic mass is 10.0. The van der Waals surface area contributed by atoms with Crippen LogP contribution in [0.4, 0.5) is 0 Å². The Hall–Kier alpha value is -0.810. The maximum absolute atomic E-state index is 11.1. The monoisotopic (exact) mass is 223 g/mol. The van der Waals surface area contributed by atoms with Gasteiger partial charge in [-0.15, -0.1) is 12.4 Å². The number of primary amides is 1. The van der Waals surface area contributed by atoms with Crippen molar-refractivity contribution in [1.82, 2.24) is 5.32 Å². The van der Waals surface area contributed by atoms with Crippen molar-refractivity contribution >= 4 is 24.2 Å². The van der Waals surface area contributed by atoms with Crippen LogP contribution < -0.4 is 16.8 Å². The van der Waals surface area contributed by atoms with Crippen molar-refractivity contribution in [2.24, 2.45) is 17.4 Å². The van der Waals surface area contributed by atoms with Crippen LogP contribution in [0.15, 0.2) is 0 Å². The Balaban J connectivity index is 0. The Kier molecular flexibility index (Phi) is 7.40. The first kappa shape index (κ1) is 15.7. The molecular weight excluding hydrogens is 206 g/mol. The minimum atomic E-state index is -0.640. The second kappa shape index (κ2) is 6.62. The van der Waals surface area contributed by atoms with Crippen molar-refractivity contribution in [1.29, 1.82) is 0 Å². The van der Waals surface area contributed by atoms with E-state index in [1.807, 2.05) is 0 Å². The quantitative estimate of drug-likeness (QED) is 0.593. The van der Waals surface area contributed by atoms with Crippen LogP contribution in [0.1, 0.15) is 20.8 Å². The minimum absolute atomic E-state index is 0. The Bertz CT molecular complexity index is 207. The van der Waals surface area contributed by atoms with Crippen LogP contribution in [0.2, 0.25) is 0 Å². The van der Waals surface area contributed by atoms with Crippen LogP contribution in [0.25, 0.3) is 0 Å². The maximum Gasteiger partial charge on any atom is 0.240 e. The molecule has 0 aliphatic heterocycles. The molecule has 2 amide bonds. The van der Waals surface area contributed by atoms with Gasteiger partial charge in [0.2, 0.25) is 11.8 Å². The van der Waals surface area contributed by atoms with Gasteiger partial charge in [-0.05, 0) is 12.8 Å². The molecule has 0 aliphatic carbocycles. The van der Waals surface area contributed by atoms with Crippen LogP contribution in [-0.2, 0) is 9.59 Å². The highest BCUT2D eigenvalue weighted by Gasteiger charge is 2.22. The smallest absolute Gasteiger partial charge is 0.240 e. The first-order valence-electron chi connectivity index (χ1n) is 4.21. The fourth-order valence-electron chi connectivity index (χ4n) is 0.851. The van der Waals surface area contributed by atoms with Crippen LogP contribution in [0.5, 0.6) is 0 Å². The molecule has 0 aromatic rings. The molecule has 2 atom stereocenters. The molecule has 0 bridgehead atoms. The number of carbonyl (C=O) groups is 2. The van der Waals surface area contributed by atoms with Gasteiger partial charge in [0.1, 0.15) is 6.04 Å². The van der Waals surface area contributed by atoms with E-state index in [0.29, 0.717) is 0 Å². The third-order valence-electron chi connectivity index (χ3n) is 1.68. The van der Waals surface area contributed by atoms with Crippen LogP contribution in [-0.4, -0.2) is 23.9 Å². The molecule has 0 fully saturated rings. The number of amides is 2. The fraction of sp³-hybridized carbons (Fsp3) is 0.750. The summed E-state index contributed by atoms with van der Waals surface area (Å²) in [6, 6.07) is -1.26. The maximum atomic E-state index is 11.1. The van der Waals surface area contributed by atoms with Crippen LogP contribution in [0, 0.1) is 5.92 Å². The summed E-state index contributed by atoms with van der Waals surface area (Å²) in [6.45, 7) is 5.15. The SMILES string of the molecule is CC(N)C(=O)NC(C(N)=O)C(C)C.Cl. The molecule has 0 aromatic heterocycles. The van der Waals surface area contributed by atoms with Gasteiger partial charge in [-0.25, -0.2) is 0 Å². The van der Waals surface area contributed by atoms with Gasteiger partial charge in [-0.3, -0.25) is 9.59 Å². The molecule has 0 rings (SSSR count). The molecule has 14 heavy (non-hydrogen) atoms. The van der Waals surface area contributed by atoms with E-state index < -0.39 is 18.0 Å². The lowest BCUT2D eigenvalue weighted by Crippen LogP contribution is -2.51. The number of rotatable bonds is 4. The van der Waals surface area contributed by atoms with E-state index in [9.17, 15) is 9.59 Å². The second-order valence-electron chi connectivity index (χ2n) is 3.42. The molecular formula is C8H18ClN3O2. The molecule has 5 nitrogen and oxygen atoms in total. The number of carbonyl (C=O) groups excluding carboxylic acids is 2. The molecule has 0 aliphatic rings. The predicted octanol–water partition coefficient (Wildman–Crippen LogP) is -0.618. The Morgan fingerprint density at radius 1 is 1.21 bits per heavy atom. The van der Waals surface area contributed by atoms with Gasteiger partial charge < -0.3 is 16.8 Å². The van der Waals surface area contributed by atoms with E-state index in [2.05, 4.69) is 5.32 Å². The van der Waals surface area contributed by atoms with Crippen molar-refractivity contribution in [3.8, 4) is 0 Å². The molecule has 0 spiro atoms. The Morgan fingerprint density at radius 2 is 1.64 bits per heavy atom. The average Bonchev–Trinajstić information content (AvgIpc) is 1.97. The summed E-state index contributed by atoms with van der Waals surface area (Å²) in [4.78, 5) is 22.0. The molecule has 84 valence electrons. The topological polar surface area (TPSA) is 98.2 Å². The lowest BCUT2D eigenvalue weighted by molar-refractivity contribution is -0.128. The minimum Gasteiger partial charge on any atom is -0.368 e. The normalized spacial score (nSPS) is 14.1. The first-order valence-corrected chi connectivity index (χ1v) is 4.21. The summed E-state index contributed by atoms with van der Waals surface area (Å²) in [7, 11) is 0. The number of hydrogen-bond acceptors (Lipinski definition) is 3. The largest absolute Gasteiger partial charge is 0.368 e. The van der Waals surface area contributed by atoms with Crippen molar-refractivity contribution < 1.29 is 9.59 Å². The standard InChI is InChI=1S/C8H17N3O2.ClH/c1-4(2)6(7(10)12)11-8(13)5(3)9;/h4-6H,9H2,1-3H3,(H2,10,12)(H,11,13);1H. The van der Waals surface area contributed by atoms with E-state index in [0.717, 1.165) is 0 Å². The third kappa shape index (κ3) is 5.04. The van der Waals surface area contributed by atoms with Gasteiger partial charge in [-0.2, -0.15) is 0 Å². The molecule has 0 saturated carbocycles. The van der Waals surface area contributed by atoms with Gasteiger partial charge in [0.15, 0.2) is 0 Å². The molecule has 0 saturated heterocycles. The highest BCUT2D eigenvalue weighted by molar-refractivity contribution is 5.88. The van der Waals surface area contributed by atoms with E-state index in [4.69, 9.17) is 11.5 Å². The molecule has 5 N–H and O–H groups in total. The fourth-order valence-corrected chi connectivity index (χ4v) is 0.851. The highest BCUT2D eigenvalue weighted by atomic mass is 35.5. The summed E-state index contributed by atoms with van der Waals surface area (Å²) in [5.74, 6) is -0.929. The van der Waals surface area contributed by atoms with E-state index >= 15 is 0 Å². The zero-order valence-corrected chi connectivity index (χ0v) is 9.43. The zero-order valence-electron chi connectivity index (χ0n) is 8.61. The number of halogens is 1. The first-order chi connectivity index (χ1) is 5.86. The van der Waals surface area contributed by atoms with Crippen molar-refractivity contribution in [2.75, 3.05) is 0 Å².